The molecule has 23 heavy (non-hydrogen) atoms. The average Bonchev–Trinajstić information content (AvgIpc) is 2.55. The lowest BCUT2D eigenvalue weighted by atomic mass is 10.1. The average molecular weight is 312 g/mol. The van der Waals surface area contributed by atoms with Crippen LogP contribution in [0.3, 0.4) is 0 Å². The minimum Gasteiger partial charge on any atom is -0.494 e. The van der Waals surface area contributed by atoms with Gasteiger partial charge in [-0.05, 0) is 67.8 Å². The molecule has 0 saturated heterocycles. The highest BCUT2D eigenvalue weighted by Crippen LogP contribution is 2.16. The van der Waals surface area contributed by atoms with Gasteiger partial charge in [-0.2, -0.15) is 0 Å². The second kappa shape index (κ2) is 8.22. The summed E-state index contributed by atoms with van der Waals surface area (Å²) >= 11 is 0. The van der Waals surface area contributed by atoms with Crippen molar-refractivity contribution < 1.29 is 9.53 Å². The molecule has 0 heterocycles. The predicted octanol–water partition coefficient (Wildman–Crippen LogP) is 4.14. The molecule has 2 aromatic carbocycles. The van der Waals surface area contributed by atoms with E-state index < -0.39 is 0 Å². The molecule has 0 saturated carbocycles. The lowest BCUT2D eigenvalue weighted by Gasteiger charge is -2.10. The summed E-state index contributed by atoms with van der Waals surface area (Å²) in [6, 6.07) is 13.5. The molecule has 0 radical (unpaired) electrons. The molecule has 0 spiro atoms. The van der Waals surface area contributed by atoms with Crippen LogP contribution >= 0.6 is 0 Å². The molecule has 1 amide bonds. The third kappa shape index (κ3) is 5.33. The Labute approximate surface area is 137 Å². The van der Waals surface area contributed by atoms with Crippen LogP contribution in [0.25, 0.3) is 0 Å². The lowest BCUT2D eigenvalue weighted by Crippen LogP contribution is -2.21. The number of aryl methyl sites for hydroxylation is 2. The Hall–Kier alpha value is -2.49. The number of carbonyl (C=O) groups excluding carboxylic acids is 1. The zero-order chi connectivity index (χ0) is 16.7. The molecule has 0 aliphatic heterocycles. The molecule has 0 bridgehead atoms. The van der Waals surface area contributed by atoms with Gasteiger partial charge in [-0.3, -0.25) is 4.79 Å². The summed E-state index contributed by atoms with van der Waals surface area (Å²) in [5.41, 5.74) is 4.16. The summed E-state index contributed by atoms with van der Waals surface area (Å²) in [6.45, 7) is 7.13. The first-order valence-electron chi connectivity index (χ1n) is 7.92. The van der Waals surface area contributed by atoms with E-state index in [1.807, 2.05) is 42.5 Å². The zero-order valence-corrected chi connectivity index (χ0v) is 14.0. The molecule has 0 atom stereocenters. The van der Waals surface area contributed by atoms with Crippen LogP contribution in [0.1, 0.15) is 24.5 Å². The summed E-state index contributed by atoms with van der Waals surface area (Å²) in [7, 11) is 0. The normalized spacial score (nSPS) is 10.2. The minimum atomic E-state index is -0.0783. The van der Waals surface area contributed by atoms with E-state index in [1.165, 1.54) is 11.1 Å². The van der Waals surface area contributed by atoms with Crippen molar-refractivity contribution in [3.8, 4) is 5.75 Å². The number of ether oxygens (including phenoxy) is 1. The van der Waals surface area contributed by atoms with Crippen LogP contribution in [0.4, 0.5) is 11.4 Å². The molecule has 2 rings (SSSR count). The molecular formula is C19H24N2O2. The van der Waals surface area contributed by atoms with Gasteiger partial charge in [0.1, 0.15) is 5.75 Å². The number of anilines is 2. The van der Waals surface area contributed by atoms with Gasteiger partial charge in [0.05, 0.1) is 13.2 Å². The van der Waals surface area contributed by atoms with E-state index in [-0.39, 0.29) is 12.5 Å². The molecular weight excluding hydrogens is 288 g/mol. The maximum Gasteiger partial charge on any atom is 0.243 e. The molecule has 122 valence electrons. The Morgan fingerprint density at radius 2 is 1.70 bits per heavy atom. The third-order valence-electron chi connectivity index (χ3n) is 3.57. The molecule has 2 aromatic rings. The molecule has 0 fully saturated rings. The zero-order valence-electron chi connectivity index (χ0n) is 14.0. The fourth-order valence-corrected chi connectivity index (χ4v) is 2.09. The van der Waals surface area contributed by atoms with Gasteiger partial charge in [-0.1, -0.05) is 13.0 Å². The molecule has 4 nitrogen and oxygen atoms in total. The first-order valence-corrected chi connectivity index (χ1v) is 7.92. The van der Waals surface area contributed by atoms with Crippen LogP contribution in [-0.2, 0) is 4.79 Å². The summed E-state index contributed by atoms with van der Waals surface area (Å²) in [4.78, 5) is 12.0. The van der Waals surface area contributed by atoms with Gasteiger partial charge in [0, 0.05) is 11.4 Å². The standard InChI is InChI=1S/C19H24N2O2/c1-4-11-23-18-9-7-16(8-10-18)21-19(22)13-20-17-6-5-14(2)15(3)12-17/h5-10,12,20H,4,11,13H2,1-3H3,(H,21,22). The summed E-state index contributed by atoms with van der Waals surface area (Å²) in [6.07, 6.45) is 0.975. The Kier molecular flexibility index (Phi) is 6.03. The van der Waals surface area contributed by atoms with Gasteiger partial charge >= 0.3 is 0 Å². The first-order chi connectivity index (χ1) is 11.1. The van der Waals surface area contributed by atoms with Crippen molar-refractivity contribution >= 4 is 17.3 Å². The van der Waals surface area contributed by atoms with Crippen molar-refractivity contribution in [3.63, 3.8) is 0 Å². The molecule has 0 aromatic heterocycles. The van der Waals surface area contributed by atoms with Crippen molar-refractivity contribution in [3.05, 3.63) is 53.6 Å². The van der Waals surface area contributed by atoms with E-state index in [9.17, 15) is 4.79 Å². The topological polar surface area (TPSA) is 50.4 Å². The number of hydrogen-bond acceptors (Lipinski definition) is 3. The van der Waals surface area contributed by atoms with Crippen LogP contribution in [0, 0.1) is 13.8 Å². The number of benzene rings is 2. The Morgan fingerprint density at radius 3 is 2.35 bits per heavy atom. The van der Waals surface area contributed by atoms with Crippen LogP contribution in [0.15, 0.2) is 42.5 Å². The lowest BCUT2D eigenvalue weighted by molar-refractivity contribution is -0.114. The number of carbonyl (C=O) groups is 1. The van der Waals surface area contributed by atoms with Crippen molar-refractivity contribution in [2.24, 2.45) is 0 Å². The number of amides is 1. The molecule has 4 heteroatoms. The quantitative estimate of drug-likeness (QED) is 0.808. The highest BCUT2D eigenvalue weighted by molar-refractivity contribution is 5.93. The summed E-state index contributed by atoms with van der Waals surface area (Å²) < 4.78 is 5.52. The van der Waals surface area contributed by atoms with E-state index in [2.05, 4.69) is 31.4 Å². The van der Waals surface area contributed by atoms with Gasteiger partial charge in [-0.25, -0.2) is 0 Å². The molecule has 0 unspecified atom stereocenters. The van der Waals surface area contributed by atoms with E-state index in [4.69, 9.17) is 4.74 Å². The highest BCUT2D eigenvalue weighted by Gasteiger charge is 2.03. The maximum absolute atomic E-state index is 12.0. The van der Waals surface area contributed by atoms with Crippen molar-refractivity contribution in [1.29, 1.82) is 0 Å². The second-order valence-electron chi connectivity index (χ2n) is 5.57. The number of nitrogens with one attached hydrogen (secondary N) is 2. The van der Waals surface area contributed by atoms with Gasteiger partial charge in [0.15, 0.2) is 0 Å². The van der Waals surface area contributed by atoms with Gasteiger partial charge < -0.3 is 15.4 Å². The summed E-state index contributed by atoms with van der Waals surface area (Å²) in [5.74, 6) is 0.739. The summed E-state index contributed by atoms with van der Waals surface area (Å²) in [5, 5.41) is 6.00. The van der Waals surface area contributed by atoms with Gasteiger partial charge in [0.25, 0.3) is 0 Å². The molecule has 2 N–H and O–H groups in total. The SMILES string of the molecule is CCCOc1ccc(NC(=O)CNc2ccc(C)c(C)c2)cc1. The first kappa shape index (κ1) is 16.9. The van der Waals surface area contributed by atoms with Crippen LogP contribution in [0.5, 0.6) is 5.75 Å². The van der Waals surface area contributed by atoms with Crippen LogP contribution in [-0.4, -0.2) is 19.1 Å². The van der Waals surface area contributed by atoms with Gasteiger partial charge in [0.2, 0.25) is 5.91 Å². The largest absolute Gasteiger partial charge is 0.494 e. The van der Waals surface area contributed by atoms with Crippen LogP contribution < -0.4 is 15.4 Å². The number of hydrogen-bond donors (Lipinski definition) is 2. The van der Waals surface area contributed by atoms with Crippen LogP contribution in [0.2, 0.25) is 0 Å². The maximum atomic E-state index is 12.0. The Bertz CT molecular complexity index is 651. The Balaban J connectivity index is 1.83. The number of rotatable bonds is 7. The fourth-order valence-electron chi connectivity index (χ4n) is 2.09. The van der Waals surface area contributed by atoms with E-state index in [1.54, 1.807) is 0 Å². The molecule has 0 aliphatic rings. The predicted molar refractivity (Wildman–Crippen MR) is 95.3 cm³/mol. The van der Waals surface area contributed by atoms with E-state index in [0.717, 1.165) is 23.5 Å². The minimum absolute atomic E-state index is 0.0783. The fraction of sp³-hybridized carbons (Fsp3) is 0.316. The van der Waals surface area contributed by atoms with E-state index >= 15 is 0 Å². The van der Waals surface area contributed by atoms with Gasteiger partial charge in [-0.15, -0.1) is 0 Å². The van der Waals surface area contributed by atoms with Crippen molar-refractivity contribution in [2.45, 2.75) is 27.2 Å². The molecule has 0 aliphatic carbocycles. The monoisotopic (exact) mass is 312 g/mol. The second-order valence-corrected chi connectivity index (χ2v) is 5.57. The highest BCUT2D eigenvalue weighted by atomic mass is 16.5. The van der Waals surface area contributed by atoms with Crippen molar-refractivity contribution in [1.82, 2.24) is 0 Å². The van der Waals surface area contributed by atoms with E-state index in [0.29, 0.717) is 6.61 Å². The Morgan fingerprint density at radius 1 is 1.00 bits per heavy atom. The smallest absolute Gasteiger partial charge is 0.243 e. The third-order valence-corrected chi connectivity index (χ3v) is 3.57. The van der Waals surface area contributed by atoms with Crippen molar-refractivity contribution in [2.75, 3.05) is 23.8 Å².